The predicted molar refractivity (Wildman–Crippen MR) is 67.4 cm³/mol. The molecule has 1 amide bonds. The molecular weight excluding hydrogens is 268 g/mol. The van der Waals surface area contributed by atoms with Crippen LogP contribution in [0, 0.1) is 0 Å². The van der Waals surface area contributed by atoms with Crippen LogP contribution in [0.15, 0.2) is 28.4 Å². The van der Waals surface area contributed by atoms with E-state index in [-0.39, 0.29) is 5.91 Å². The van der Waals surface area contributed by atoms with Gasteiger partial charge in [-0.25, -0.2) is 0 Å². The summed E-state index contributed by atoms with van der Waals surface area (Å²) < 4.78 is 2.81. The Kier molecular flexibility index (Phi) is 3.19. The smallest absolute Gasteiger partial charge is 0.270 e. The van der Waals surface area contributed by atoms with Crippen molar-refractivity contribution in [3.8, 4) is 0 Å². The van der Waals surface area contributed by atoms with E-state index in [4.69, 9.17) is 0 Å². The number of aromatic nitrogens is 1. The zero-order chi connectivity index (χ0) is 11.7. The van der Waals surface area contributed by atoms with Gasteiger partial charge in [-0.05, 0) is 35.3 Å². The second kappa shape index (κ2) is 4.45. The summed E-state index contributed by atoms with van der Waals surface area (Å²) in [4.78, 5) is 14.1. The van der Waals surface area contributed by atoms with Crippen LogP contribution in [0.5, 0.6) is 0 Å². The van der Waals surface area contributed by atoms with Crippen molar-refractivity contribution in [2.24, 2.45) is 7.05 Å². The number of halogens is 1. The molecule has 3 nitrogen and oxygen atoms in total. The number of amides is 1. The van der Waals surface area contributed by atoms with Crippen molar-refractivity contribution < 1.29 is 4.79 Å². The first kappa shape index (κ1) is 11.5. The molecule has 2 rings (SSSR count). The fourth-order valence-electron chi connectivity index (χ4n) is 1.98. The van der Waals surface area contributed by atoms with Crippen molar-refractivity contribution in [1.82, 2.24) is 9.47 Å². The van der Waals surface area contributed by atoms with Gasteiger partial charge < -0.3 is 9.47 Å². The molecule has 0 spiro atoms. The molecule has 1 aromatic rings. The first-order valence-electron chi connectivity index (χ1n) is 5.34. The second-order valence-electron chi connectivity index (χ2n) is 4.22. The minimum absolute atomic E-state index is 0.112. The van der Waals surface area contributed by atoms with E-state index in [9.17, 15) is 4.79 Å². The van der Waals surface area contributed by atoms with Gasteiger partial charge in [0.25, 0.3) is 5.91 Å². The maximum absolute atomic E-state index is 12.2. The van der Waals surface area contributed by atoms with Gasteiger partial charge in [-0.15, -0.1) is 0 Å². The third-order valence-electron chi connectivity index (χ3n) is 2.81. The summed E-state index contributed by atoms with van der Waals surface area (Å²) in [6.07, 6.45) is 5.06. The highest BCUT2D eigenvalue weighted by Crippen LogP contribution is 2.17. The Balaban J connectivity index is 2.19. The van der Waals surface area contributed by atoms with E-state index in [1.807, 2.05) is 28.8 Å². The summed E-state index contributed by atoms with van der Waals surface area (Å²) in [7, 11) is 1.89. The zero-order valence-electron chi connectivity index (χ0n) is 9.53. The van der Waals surface area contributed by atoms with Gasteiger partial charge >= 0.3 is 0 Å². The van der Waals surface area contributed by atoms with E-state index in [1.54, 1.807) is 0 Å². The molecule has 0 saturated heterocycles. The third kappa shape index (κ3) is 2.21. The lowest BCUT2D eigenvalue weighted by molar-refractivity contribution is 0.0756. The summed E-state index contributed by atoms with van der Waals surface area (Å²) in [6.45, 7) is 3.64. The SMILES string of the molecule is CC1=CCCN(C(=O)c2cc(Br)cn2C)C1. The quantitative estimate of drug-likeness (QED) is 0.727. The van der Waals surface area contributed by atoms with Crippen molar-refractivity contribution in [3.05, 3.63) is 34.1 Å². The number of hydrogen-bond acceptors (Lipinski definition) is 1. The van der Waals surface area contributed by atoms with E-state index in [1.165, 1.54) is 5.57 Å². The molecule has 0 N–H and O–H groups in total. The summed E-state index contributed by atoms with van der Waals surface area (Å²) in [5, 5.41) is 0. The Morgan fingerprint density at radius 1 is 1.50 bits per heavy atom. The molecule has 0 aliphatic carbocycles. The van der Waals surface area contributed by atoms with Crippen LogP contribution in [-0.4, -0.2) is 28.5 Å². The van der Waals surface area contributed by atoms with Crippen molar-refractivity contribution >= 4 is 21.8 Å². The molecule has 0 aromatic carbocycles. The van der Waals surface area contributed by atoms with Crippen LogP contribution in [0.4, 0.5) is 0 Å². The first-order chi connectivity index (χ1) is 7.58. The van der Waals surface area contributed by atoms with Crippen molar-refractivity contribution in [3.63, 3.8) is 0 Å². The zero-order valence-corrected chi connectivity index (χ0v) is 11.1. The number of nitrogens with zero attached hydrogens (tertiary/aromatic N) is 2. The molecule has 0 atom stereocenters. The molecule has 1 aromatic heterocycles. The molecule has 16 heavy (non-hydrogen) atoms. The highest BCUT2D eigenvalue weighted by molar-refractivity contribution is 9.10. The Morgan fingerprint density at radius 3 is 2.81 bits per heavy atom. The van der Waals surface area contributed by atoms with Crippen molar-refractivity contribution in [2.75, 3.05) is 13.1 Å². The molecule has 1 aliphatic heterocycles. The lowest BCUT2D eigenvalue weighted by Crippen LogP contribution is -2.36. The number of aryl methyl sites for hydroxylation is 1. The highest BCUT2D eigenvalue weighted by atomic mass is 79.9. The standard InChI is InChI=1S/C12H15BrN2O/c1-9-4-3-5-15(7-9)12(16)11-6-10(13)8-14(11)2/h4,6,8H,3,5,7H2,1-2H3. The van der Waals surface area contributed by atoms with Gasteiger partial charge in [0.2, 0.25) is 0 Å². The molecule has 0 unspecified atom stereocenters. The normalized spacial score (nSPS) is 16.2. The van der Waals surface area contributed by atoms with Crippen LogP contribution in [0.3, 0.4) is 0 Å². The Hall–Kier alpha value is -1.03. The fraction of sp³-hybridized carbons (Fsp3) is 0.417. The maximum atomic E-state index is 12.2. The Bertz CT molecular complexity index is 448. The minimum atomic E-state index is 0.112. The number of hydrogen-bond donors (Lipinski definition) is 0. The largest absolute Gasteiger partial charge is 0.345 e. The monoisotopic (exact) mass is 282 g/mol. The van der Waals surface area contributed by atoms with Gasteiger partial charge in [0, 0.05) is 30.8 Å². The van der Waals surface area contributed by atoms with Crippen molar-refractivity contribution in [2.45, 2.75) is 13.3 Å². The molecule has 86 valence electrons. The van der Waals surface area contributed by atoms with Crippen LogP contribution in [0.1, 0.15) is 23.8 Å². The fourth-order valence-corrected chi connectivity index (χ4v) is 2.51. The van der Waals surface area contributed by atoms with E-state index >= 15 is 0 Å². The van der Waals surface area contributed by atoms with Gasteiger partial charge in [0.1, 0.15) is 5.69 Å². The molecular formula is C12H15BrN2O. The van der Waals surface area contributed by atoms with Crippen molar-refractivity contribution in [1.29, 1.82) is 0 Å². The molecule has 0 bridgehead atoms. The van der Waals surface area contributed by atoms with Gasteiger partial charge in [-0.1, -0.05) is 11.6 Å². The molecule has 0 radical (unpaired) electrons. The highest BCUT2D eigenvalue weighted by Gasteiger charge is 2.20. The van der Waals surface area contributed by atoms with E-state index in [0.717, 1.165) is 29.7 Å². The maximum Gasteiger partial charge on any atom is 0.270 e. The minimum Gasteiger partial charge on any atom is -0.345 e. The lowest BCUT2D eigenvalue weighted by atomic mass is 10.1. The van der Waals surface area contributed by atoms with E-state index < -0.39 is 0 Å². The second-order valence-corrected chi connectivity index (χ2v) is 5.14. The van der Waals surface area contributed by atoms with Crippen LogP contribution in [-0.2, 0) is 7.05 Å². The lowest BCUT2D eigenvalue weighted by Gasteiger charge is -2.26. The number of carbonyl (C=O) groups is 1. The summed E-state index contributed by atoms with van der Waals surface area (Å²) >= 11 is 3.38. The van der Waals surface area contributed by atoms with Crippen LogP contribution >= 0.6 is 15.9 Å². The Morgan fingerprint density at radius 2 is 2.25 bits per heavy atom. The average molecular weight is 283 g/mol. The Labute approximate surface area is 104 Å². The predicted octanol–water partition coefficient (Wildman–Crippen LogP) is 2.58. The molecule has 4 heteroatoms. The van der Waals surface area contributed by atoms with Crippen LogP contribution in [0.25, 0.3) is 0 Å². The topological polar surface area (TPSA) is 25.2 Å². The van der Waals surface area contributed by atoms with Crippen LogP contribution < -0.4 is 0 Å². The van der Waals surface area contributed by atoms with E-state index in [2.05, 4.69) is 28.9 Å². The summed E-state index contributed by atoms with van der Waals surface area (Å²) in [6, 6.07) is 1.87. The van der Waals surface area contributed by atoms with Crippen LogP contribution in [0.2, 0.25) is 0 Å². The molecule has 2 heterocycles. The summed E-state index contributed by atoms with van der Waals surface area (Å²) in [5.41, 5.74) is 2.01. The van der Waals surface area contributed by atoms with Gasteiger partial charge in [0.05, 0.1) is 0 Å². The summed E-state index contributed by atoms with van der Waals surface area (Å²) in [5.74, 6) is 0.112. The van der Waals surface area contributed by atoms with Gasteiger partial charge in [-0.3, -0.25) is 4.79 Å². The number of carbonyl (C=O) groups excluding carboxylic acids is 1. The molecule has 0 saturated carbocycles. The number of rotatable bonds is 1. The first-order valence-corrected chi connectivity index (χ1v) is 6.14. The van der Waals surface area contributed by atoms with Gasteiger partial charge in [-0.2, -0.15) is 0 Å². The van der Waals surface area contributed by atoms with Gasteiger partial charge in [0.15, 0.2) is 0 Å². The molecule has 1 aliphatic rings. The third-order valence-corrected chi connectivity index (χ3v) is 3.24. The average Bonchev–Trinajstić information content (AvgIpc) is 2.57. The molecule has 0 fully saturated rings. The van der Waals surface area contributed by atoms with E-state index in [0.29, 0.717) is 0 Å².